The number of fused-ring (bicyclic) bond motifs is 8. The molecule has 5 aromatic carbocycles. The van der Waals surface area contributed by atoms with Gasteiger partial charge >= 0.3 is 0 Å². The van der Waals surface area contributed by atoms with Gasteiger partial charge in [0, 0.05) is 46.5 Å². The molecule has 0 saturated heterocycles. The molecule has 0 bridgehead atoms. The minimum Gasteiger partial charge on any atom is -0.373 e. The fourth-order valence-corrected chi connectivity index (χ4v) is 8.19. The maximum absolute atomic E-state index is 13.5. The zero-order chi connectivity index (χ0) is 29.4. The predicted octanol–water partition coefficient (Wildman–Crippen LogP) is 9.34. The van der Waals surface area contributed by atoms with Crippen LogP contribution in [0.4, 0.5) is 11.4 Å². The predicted molar refractivity (Wildman–Crippen MR) is 179 cm³/mol. The van der Waals surface area contributed by atoms with Crippen LogP contribution in [0.25, 0.3) is 32.7 Å². The first kappa shape index (κ1) is 25.5. The topological polar surface area (TPSA) is 58.2 Å². The minimum atomic E-state index is -0.196. The molecule has 0 fully saturated rings. The second-order valence-electron chi connectivity index (χ2n) is 12.6. The Kier molecular flexibility index (Phi) is 5.68. The number of Topliss-reactive ketones (excluding diaryl/α,β-unsaturated/α-hetero) is 2. The lowest BCUT2D eigenvalue weighted by Crippen LogP contribution is -2.28. The van der Waals surface area contributed by atoms with Crippen molar-refractivity contribution in [3.63, 3.8) is 0 Å². The maximum atomic E-state index is 13.5. The normalized spacial score (nSPS) is 20.9. The van der Waals surface area contributed by atoms with Crippen LogP contribution in [0, 0.1) is 0 Å². The summed E-state index contributed by atoms with van der Waals surface area (Å²) in [7, 11) is 0. The van der Waals surface area contributed by atoms with Gasteiger partial charge in [-0.15, -0.1) is 0 Å². The van der Waals surface area contributed by atoms with Gasteiger partial charge < -0.3 is 10.6 Å². The Bertz CT molecular complexity index is 1970. The lowest BCUT2D eigenvalue weighted by Gasteiger charge is -2.36. The SMILES string of the molecule is O=C1CCCC2=C1C(c1ccc(C3Nc4ccc5ccccc5c4C4=C3C(=O)CCC4)cc1)Nc1ccc3ccccc3c12. The van der Waals surface area contributed by atoms with Gasteiger partial charge in [0.25, 0.3) is 0 Å². The fourth-order valence-electron chi connectivity index (χ4n) is 8.19. The third-order valence-corrected chi connectivity index (χ3v) is 10.2. The molecule has 0 spiro atoms. The van der Waals surface area contributed by atoms with Crippen molar-refractivity contribution >= 4 is 55.6 Å². The molecule has 44 heavy (non-hydrogen) atoms. The molecule has 2 atom stereocenters. The van der Waals surface area contributed by atoms with Crippen LogP contribution in [0.3, 0.4) is 0 Å². The highest BCUT2D eigenvalue weighted by atomic mass is 16.1. The summed E-state index contributed by atoms with van der Waals surface area (Å²) in [6.07, 6.45) is 4.79. The number of rotatable bonds is 2. The van der Waals surface area contributed by atoms with Crippen LogP contribution in [-0.2, 0) is 9.59 Å². The smallest absolute Gasteiger partial charge is 0.161 e. The Hall–Kier alpha value is -4.96. The van der Waals surface area contributed by atoms with Gasteiger partial charge in [0.1, 0.15) is 0 Å². The van der Waals surface area contributed by atoms with Gasteiger partial charge in [-0.25, -0.2) is 0 Å². The molecule has 0 radical (unpaired) electrons. The zero-order valence-corrected chi connectivity index (χ0v) is 24.5. The van der Waals surface area contributed by atoms with E-state index in [0.717, 1.165) is 59.3 Å². The molecule has 0 saturated carbocycles. The van der Waals surface area contributed by atoms with Gasteiger partial charge in [-0.2, -0.15) is 0 Å². The molecule has 4 heteroatoms. The van der Waals surface area contributed by atoms with Gasteiger partial charge in [-0.05, 0) is 81.6 Å². The van der Waals surface area contributed by atoms with Crippen molar-refractivity contribution in [2.45, 2.75) is 50.6 Å². The molecule has 2 N–H and O–H groups in total. The van der Waals surface area contributed by atoms with Crippen molar-refractivity contribution in [2.75, 3.05) is 10.6 Å². The van der Waals surface area contributed by atoms with E-state index in [1.54, 1.807) is 0 Å². The quantitative estimate of drug-likeness (QED) is 0.221. The standard InChI is InChI=1S/C40H32N2O2/c43-33-13-5-11-29-35-27-9-3-1-7-23(27)19-21-31(35)41-39(37(29)33)25-15-17-26(18-16-25)40-38-30(12-6-14-34(38)44)36-28-10-4-2-8-24(28)20-22-32(36)42-40/h1-4,7-10,15-22,39-42H,5-6,11-14H2. The summed E-state index contributed by atoms with van der Waals surface area (Å²) in [5.41, 5.74) is 10.9. The minimum absolute atomic E-state index is 0.196. The highest BCUT2D eigenvalue weighted by molar-refractivity contribution is 6.13. The van der Waals surface area contributed by atoms with Gasteiger partial charge in [0.05, 0.1) is 12.1 Å². The van der Waals surface area contributed by atoms with Gasteiger partial charge in [-0.1, -0.05) is 84.9 Å². The molecule has 214 valence electrons. The van der Waals surface area contributed by atoms with E-state index < -0.39 is 0 Å². The first-order valence-electron chi connectivity index (χ1n) is 15.9. The van der Waals surface area contributed by atoms with E-state index in [2.05, 4.69) is 108 Å². The number of benzene rings is 5. The number of ketones is 2. The second-order valence-corrected chi connectivity index (χ2v) is 12.6. The maximum Gasteiger partial charge on any atom is 0.161 e. The van der Waals surface area contributed by atoms with Crippen LogP contribution in [0.5, 0.6) is 0 Å². The number of nitrogens with one attached hydrogen (secondary N) is 2. The first-order chi connectivity index (χ1) is 21.7. The van der Waals surface area contributed by atoms with Crippen molar-refractivity contribution in [3.05, 3.63) is 130 Å². The molecule has 4 aliphatic rings. The molecule has 2 heterocycles. The molecular weight excluding hydrogens is 540 g/mol. The summed E-state index contributed by atoms with van der Waals surface area (Å²) in [5, 5.41) is 12.3. The second kappa shape index (κ2) is 9.78. The molecule has 5 aromatic rings. The summed E-state index contributed by atoms with van der Waals surface area (Å²) in [6, 6.07) is 33.8. The van der Waals surface area contributed by atoms with Crippen molar-refractivity contribution in [2.24, 2.45) is 0 Å². The summed E-state index contributed by atoms with van der Waals surface area (Å²) in [4.78, 5) is 27.0. The van der Waals surface area contributed by atoms with E-state index in [-0.39, 0.29) is 23.7 Å². The molecule has 2 unspecified atom stereocenters. The molecular formula is C40H32N2O2. The average Bonchev–Trinajstić information content (AvgIpc) is 3.07. The first-order valence-corrected chi connectivity index (χ1v) is 15.9. The largest absolute Gasteiger partial charge is 0.373 e. The lowest BCUT2D eigenvalue weighted by molar-refractivity contribution is -0.116. The third-order valence-electron chi connectivity index (χ3n) is 10.2. The molecule has 9 rings (SSSR count). The van der Waals surface area contributed by atoms with Gasteiger partial charge in [-0.3, -0.25) is 9.59 Å². The van der Waals surface area contributed by atoms with Crippen LogP contribution in [-0.4, -0.2) is 11.6 Å². The summed E-state index contributed by atoms with van der Waals surface area (Å²) in [5.74, 6) is 0.485. The van der Waals surface area contributed by atoms with E-state index in [9.17, 15) is 9.59 Å². The Labute approximate surface area is 256 Å². The van der Waals surface area contributed by atoms with E-state index in [4.69, 9.17) is 0 Å². The van der Waals surface area contributed by atoms with Crippen LogP contribution >= 0.6 is 0 Å². The monoisotopic (exact) mass is 572 g/mol. The third kappa shape index (κ3) is 3.77. The van der Waals surface area contributed by atoms with Crippen LogP contribution in [0.2, 0.25) is 0 Å². The molecule has 2 aliphatic heterocycles. The van der Waals surface area contributed by atoms with Crippen molar-refractivity contribution in [3.8, 4) is 0 Å². The number of hydrogen-bond donors (Lipinski definition) is 2. The summed E-state index contributed by atoms with van der Waals surface area (Å²) in [6.45, 7) is 0. The Morgan fingerprint density at radius 2 is 0.909 bits per heavy atom. The number of carbonyl (C=O) groups excluding carboxylic acids is 2. The number of allylic oxidation sites excluding steroid dienone is 2. The van der Waals surface area contributed by atoms with Crippen LogP contribution in [0.15, 0.2) is 108 Å². The van der Waals surface area contributed by atoms with E-state index >= 15 is 0 Å². The Balaban J connectivity index is 1.13. The Morgan fingerprint density at radius 3 is 1.36 bits per heavy atom. The van der Waals surface area contributed by atoms with Gasteiger partial charge in [0.15, 0.2) is 11.6 Å². The van der Waals surface area contributed by atoms with Crippen molar-refractivity contribution in [1.29, 1.82) is 0 Å². The Morgan fingerprint density at radius 1 is 0.477 bits per heavy atom. The molecule has 0 amide bonds. The van der Waals surface area contributed by atoms with Crippen molar-refractivity contribution in [1.82, 2.24) is 0 Å². The van der Waals surface area contributed by atoms with E-state index in [0.29, 0.717) is 12.8 Å². The number of anilines is 2. The summed E-state index contributed by atoms with van der Waals surface area (Å²) >= 11 is 0. The number of hydrogen-bond acceptors (Lipinski definition) is 4. The molecule has 0 aromatic heterocycles. The average molecular weight is 573 g/mol. The fraction of sp³-hybridized carbons (Fsp3) is 0.200. The summed E-state index contributed by atoms with van der Waals surface area (Å²) < 4.78 is 0. The van der Waals surface area contributed by atoms with Crippen molar-refractivity contribution < 1.29 is 9.59 Å². The zero-order valence-electron chi connectivity index (χ0n) is 24.5. The van der Waals surface area contributed by atoms with Crippen LogP contribution in [0.1, 0.15) is 72.9 Å². The highest BCUT2D eigenvalue weighted by Crippen LogP contribution is 2.50. The molecule has 2 aliphatic carbocycles. The van der Waals surface area contributed by atoms with E-state index in [1.165, 1.54) is 43.8 Å². The van der Waals surface area contributed by atoms with Gasteiger partial charge in [0.2, 0.25) is 0 Å². The lowest BCUT2D eigenvalue weighted by atomic mass is 9.75. The van der Waals surface area contributed by atoms with Crippen LogP contribution < -0.4 is 10.6 Å². The number of carbonyl (C=O) groups is 2. The van der Waals surface area contributed by atoms with E-state index in [1.807, 2.05) is 0 Å². The molecule has 4 nitrogen and oxygen atoms in total. The highest BCUT2D eigenvalue weighted by Gasteiger charge is 2.37.